The molecule has 1 amide bonds. The summed E-state index contributed by atoms with van der Waals surface area (Å²) in [6, 6.07) is 5.36. The topological polar surface area (TPSA) is 47.6 Å². The summed E-state index contributed by atoms with van der Waals surface area (Å²) in [4.78, 5) is 11.6. The Morgan fingerprint density at radius 3 is 2.88 bits per heavy atom. The number of nitrogens with one attached hydrogen (secondary N) is 1. The van der Waals surface area contributed by atoms with Crippen molar-refractivity contribution in [3.63, 3.8) is 0 Å². The summed E-state index contributed by atoms with van der Waals surface area (Å²) in [5.74, 6) is 1.33. The van der Waals surface area contributed by atoms with Crippen LogP contribution in [-0.4, -0.2) is 18.6 Å². The van der Waals surface area contributed by atoms with Gasteiger partial charge in [0.15, 0.2) is 0 Å². The van der Waals surface area contributed by atoms with Crippen molar-refractivity contribution in [3.8, 4) is 11.5 Å². The number of ether oxygens (including phenoxy) is 2. The molecule has 0 aliphatic carbocycles. The Hall–Kier alpha value is -1.71. The van der Waals surface area contributed by atoms with Gasteiger partial charge in [0, 0.05) is 6.07 Å². The minimum atomic E-state index is -0.498. The maximum Gasteiger partial charge on any atom is 0.228 e. The predicted octanol–water partition coefficient (Wildman–Crippen LogP) is 2.19. The van der Waals surface area contributed by atoms with Crippen molar-refractivity contribution < 1.29 is 14.3 Å². The molecule has 4 heteroatoms. The summed E-state index contributed by atoms with van der Waals surface area (Å²) in [5, 5.41) is 2.81. The van der Waals surface area contributed by atoms with Gasteiger partial charge in [-0.1, -0.05) is 0 Å². The van der Waals surface area contributed by atoms with Crippen molar-refractivity contribution in [1.82, 2.24) is 0 Å². The molecule has 2 rings (SSSR count). The second kappa shape index (κ2) is 3.70. The van der Waals surface area contributed by atoms with Gasteiger partial charge in [0.05, 0.1) is 19.2 Å². The minimum Gasteiger partial charge on any atom is -0.497 e. The van der Waals surface area contributed by atoms with Crippen molar-refractivity contribution in [1.29, 1.82) is 0 Å². The summed E-state index contributed by atoms with van der Waals surface area (Å²) < 4.78 is 10.9. The Labute approximate surface area is 94.6 Å². The van der Waals surface area contributed by atoms with Crippen LogP contribution in [0, 0.1) is 0 Å². The Balaban J connectivity index is 2.43. The molecule has 0 unspecified atom stereocenters. The fourth-order valence-electron chi connectivity index (χ4n) is 1.73. The number of carbonyl (C=O) groups excluding carboxylic acids is 1. The number of rotatable bonds is 1. The molecule has 1 aromatic rings. The number of carbonyl (C=O) groups is 1. The fourth-order valence-corrected chi connectivity index (χ4v) is 1.73. The van der Waals surface area contributed by atoms with Crippen LogP contribution in [0.3, 0.4) is 0 Å². The van der Waals surface area contributed by atoms with Crippen LogP contribution >= 0.6 is 0 Å². The zero-order valence-electron chi connectivity index (χ0n) is 9.66. The van der Waals surface area contributed by atoms with Gasteiger partial charge in [0.2, 0.25) is 5.91 Å². The minimum absolute atomic E-state index is 0.0334. The Bertz CT molecular complexity index is 426. The van der Waals surface area contributed by atoms with E-state index in [1.54, 1.807) is 25.3 Å². The first kappa shape index (κ1) is 10.8. The lowest BCUT2D eigenvalue weighted by atomic mass is 10.1. The summed E-state index contributed by atoms with van der Waals surface area (Å²) in [6.07, 6.45) is 0.337. The second-order valence-electron chi connectivity index (χ2n) is 4.45. The maximum atomic E-state index is 11.6. The lowest BCUT2D eigenvalue weighted by molar-refractivity contribution is -0.118. The number of benzene rings is 1. The molecule has 16 heavy (non-hydrogen) atoms. The van der Waals surface area contributed by atoms with E-state index >= 15 is 0 Å². The third-order valence-corrected chi connectivity index (χ3v) is 2.44. The quantitative estimate of drug-likeness (QED) is 0.790. The van der Waals surface area contributed by atoms with Crippen LogP contribution in [0.1, 0.15) is 20.3 Å². The molecule has 0 radical (unpaired) electrons. The van der Waals surface area contributed by atoms with Gasteiger partial charge in [-0.3, -0.25) is 4.79 Å². The number of methoxy groups -OCH3 is 1. The van der Waals surface area contributed by atoms with E-state index in [-0.39, 0.29) is 5.91 Å². The van der Waals surface area contributed by atoms with E-state index < -0.39 is 5.60 Å². The highest BCUT2D eigenvalue weighted by Gasteiger charge is 2.29. The Morgan fingerprint density at radius 2 is 2.19 bits per heavy atom. The van der Waals surface area contributed by atoms with Gasteiger partial charge < -0.3 is 14.8 Å². The SMILES string of the molecule is COc1ccc2c(c1)OC(C)(C)CC(=O)N2. The first-order valence-corrected chi connectivity index (χ1v) is 5.17. The third kappa shape index (κ3) is 2.10. The molecule has 1 aromatic carbocycles. The predicted molar refractivity (Wildman–Crippen MR) is 60.9 cm³/mol. The highest BCUT2D eigenvalue weighted by atomic mass is 16.5. The molecule has 0 spiro atoms. The number of hydrogen-bond donors (Lipinski definition) is 1. The molecule has 86 valence electrons. The first-order chi connectivity index (χ1) is 7.50. The molecular weight excluding hydrogens is 206 g/mol. The third-order valence-electron chi connectivity index (χ3n) is 2.44. The first-order valence-electron chi connectivity index (χ1n) is 5.17. The number of hydrogen-bond acceptors (Lipinski definition) is 3. The van der Waals surface area contributed by atoms with Crippen LogP contribution in [0.2, 0.25) is 0 Å². The van der Waals surface area contributed by atoms with E-state index in [9.17, 15) is 4.79 Å². The molecule has 1 aliphatic rings. The lowest BCUT2D eigenvalue weighted by Crippen LogP contribution is -2.30. The monoisotopic (exact) mass is 221 g/mol. The normalized spacial score (nSPS) is 17.8. The summed E-state index contributed by atoms with van der Waals surface area (Å²) in [7, 11) is 1.60. The molecule has 0 aromatic heterocycles. The molecule has 0 saturated carbocycles. The van der Waals surface area contributed by atoms with Crippen LogP contribution in [0.15, 0.2) is 18.2 Å². The standard InChI is InChI=1S/C12H15NO3/c1-12(2)7-11(14)13-9-5-4-8(15-3)6-10(9)16-12/h4-6H,7H2,1-3H3,(H,13,14). The van der Waals surface area contributed by atoms with E-state index in [0.29, 0.717) is 23.6 Å². The molecule has 4 nitrogen and oxygen atoms in total. The summed E-state index contributed by atoms with van der Waals surface area (Å²) >= 11 is 0. The van der Waals surface area contributed by atoms with E-state index in [4.69, 9.17) is 9.47 Å². The average molecular weight is 221 g/mol. The van der Waals surface area contributed by atoms with Gasteiger partial charge in [0.25, 0.3) is 0 Å². The number of amides is 1. The lowest BCUT2D eigenvalue weighted by Gasteiger charge is -2.23. The van der Waals surface area contributed by atoms with Gasteiger partial charge >= 0.3 is 0 Å². The number of fused-ring (bicyclic) bond motifs is 1. The van der Waals surface area contributed by atoms with Gasteiger partial charge in [-0.15, -0.1) is 0 Å². The van der Waals surface area contributed by atoms with Crippen LogP contribution in [0.4, 0.5) is 5.69 Å². The zero-order valence-corrected chi connectivity index (χ0v) is 9.66. The van der Waals surface area contributed by atoms with Crippen LogP contribution < -0.4 is 14.8 Å². The van der Waals surface area contributed by atoms with E-state index in [0.717, 1.165) is 0 Å². The largest absolute Gasteiger partial charge is 0.497 e. The molecule has 1 N–H and O–H groups in total. The van der Waals surface area contributed by atoms with Crippen LogP contribution in [0.5, 0.6) is 11.5 Å². The van der Waals surface area contributed by atoms with E-state index in [1.807, 2.05) is 13.8 Å². The molecule has 1 aliphatic heterocycles. The molecule has 1 heterocycles. The van der Waals surface area contributed by atoms with Crippen molar-refractivity contribution in [2.45, 2.75) is 25.9 Å². The highest BCUT2D eigenvalue weighted by molar-refractivity contribution is 5.93. The summed E-state index contributed by atoms with van der Waals surface area (Å²) in [6.45, 7) is 3.78. The maximum absolute atomic E-state index is 11.6. The Morgan fingerprint density at radius 1 is 1.44 bits per heavy atom. The van der Waals surface area contributed by atoms with Crippen molar-refractivity contribution in [2.24, 2.45) is 0 Å². The Kier molecular flexibility index (Phi) is 2.50. The van der Waals surface area contributed by atoms with Crippen molar-refractivity contribution >= 4 is 11.6 Å². The molecule has 0 fully saturated rings. The van der Waals surface area contributed by atoms with Crippen LogP contribution in [-0.2, 0) is 4.79 Å². The fraction of sp³-hybridized carbons (Fsp3) is 0.417. The van der Waals surface area contributed by atoms with Gasteiger partial charge in [-0.05, 0) is 26.0 Å². The summed E-state index contributed by atoms with van der Waals surface area (Å²) in [5.41, 5.74) is 0.193. The molecule has 0 saturated heterocycles. The van der Waals surface area contributed by atoms with Gasteiger partial charge in [-0.25, -0.2) is 0 Å². The highest BCUT2D eigenvalue weighted by Crippen LogP contribution is 2.35. The van der Waals surface area contributed by atoms with E-state index in [2.05, 4.69) is 5.32 Å². The average Bonchev–Trinajstić information content (AvgIpc) is 2.29. The van der Waals surface area contributed by atoms with Crippen molar-refractivity contribution in [3.05, 3.63) is 18.2 Å². The van der Waals surface area contributed by atoms with Gasteiger partial charge in [0.1, 0.15) is 17.1 Å². The smallest absolute Gasteiger partial charge is 0.228 e. The molecule has 0 bridgehead atoms. The van der Waals surface area contributed by atoms with Gasteiger partial charge in [-0.2, -0.15) is 0 Å². The zero-order chi connectivity index (χ0) is 11.8. The van der Waals surface area contributed by atoms with Crippen molar-refractivity contribution in [2.75, 3.05) is 12.4 Å². The van der Waals surface area contributed by atoms with Crippen LogP contribution in [0.25, 0.3) is 0 Å². The number of anilines is 1. The second-order valence-corrected chi connectivity index (χ2v) is 4.45. The van der Waals surface area contributed by atoms with E-state index in [1.165, 1.54) is 0 Å². The molecule has 0 atom stereocenters. The molecular formula is C12H15NO3.